The minimum absolute atomic E-state index is 0.851. The molecular weight excluding hydrogens is 198 g/mol. The first kappa shape index (κ1) is 11.5. The van der Waals surface area contributed by atoms with E-state index in [1.54, 1.807) is 0 Å². The largest absolute Gasteiger partial charge is 0.384 e. The Morgan fingerprint density at radius 2 is 2.06 bits per heavy atom. The number of hydrogen-bond acceptors (Lipinski definition) is 2. The molecule has 0 spiro atoms. The molecule has 16 heavy (non-hydrogen) atoms. The van der Waals surface area contributed by atoms with Gasteiger partial charge in [0.1, 0.15) is 5.82 Å². The number of nitrogens with zero attached hydrogens (tertiary/aromatic N) is 2. The van der Waals surface area contributed by atoms with E-state index in [0.29, 0.717) is 0 Å². The molecule has 1 fully saturated rings. The molecule has 0 aliphatic heterocycles. The zero-order chi connectivity index (χ0) is 11.5. The molecule has 90 valence electrons. The Hall–Kier alpha value is -0.990. The molecule has 2 N–H and O–H groups in total. The SMILES string of the molecule is CCc1c(CCC2CCCC2)nn(C)c1N. The highest BCUT2D eigenvalue weighted by atomic mass is 15.3. The Labute approximate surface area is 98.0 Å². The van der Waals surface area contributed by atoms with Crippen LogP contribution in [-0.4, -0.2) is 9.78 Å². The molecule has 1 aliphatic rings. The molecule has 1 aromatic rings. The summed E-state index contributed by atoms with van der Waals surface area (Å²) in [6, 6.07) is 0. The highest BCUT2D eigenvalue weighted by molar-refractivity contribution is 5.43. The Morgan fingerprint density at radius 3 is 2.69 bits per heavy atom. The van der Waals surface area contributed by atoms with Crippen LogP contribution in [0.3, 0.4) is 0 Å². The van der Waals surface area contributed by atoms with Crippen molar-refractivity contribution in [2.45, 2.75) is 51.9 Å². The highest BCUT2D eigenvalue weighted by Gasteiger charge is 2.17. The Balaban J connectivity index is 2.00. The second-order valence-electron chi connectivity index (χ2n) is 4.98. The third-order valence-corrected chi connectivity index (χ3v) is 3.89. The van der Waals surface area contributed by atoms with Crippen LogP contribution in [-0.2, 0) is 19.9 Å². The second kappa shape index (κ2) is 4.89. The quantitative estimate of drug-likeness (QED) is 0.849. The summed E-state index contributed by atoms with van der Waals surface area (Å²) in [5.74, 6) is 1.79. The molecule has 3 heteroatoms. The summed E-state index contributed by atoms with van der Waals surface area (Å²) in [5.41, 5.74) is 8.49. The Kier molecular flexibility index (Phi) is 3.52. The van der Waals surface area contributed by atoms with Crippen molar-refractivity contribution >= 4 is 5.82 Å². The highest BCUT2D eigenvalue weighted by Crippen LogP contribution is 2.29. The van der Waals surface area contributed by atoms with Crippen LogP contribution >= 0.6 is 0 Å². The van der Waals surface area contributed by atoms with E-state index in [1.807, 2.05) is 11.7 Å². The standard InChI is InChI=1S/C13H23N3/c1-3-11-12(15-16(2)13(11)14)9-8-10-6-4-5-7-10/h10H,3-9,14H2,1-2H3. The molecule has 1 saturated carbocycles. The lowest BCUT2D eigenvalue weighted by atomic mass is 9.99. The van der Waals surface area contributed by atoms with Crippen molar-refractivity contribution in [1.29, 1.82) is 0 Å². The van der Waals surface area contributed by atoms with E-state index in [4.69, 9.17) is 5.73 Å². The molecule has 2 rings (SSSR count). The van der Waals surface area contributed by atoms with Gasteiger partial charge in [-0.25, -0.2) is 0 Å². The van der Waals surface area contributed by atoms with Gasteiger partial charge in [-0.3, -0.25) is 4.68 Å². The summed E-state index contributed by atoms with van der Waals surface area (Å²) in [6.45, 7) is 2.16. The van der Waals surface area contributed by atoms with E-state index in [1.165, 1.54) is 43.4 Å². The predicted molar refractivity (Wildman–Crippen MR) is 67.3 cm³/mol. The maximum atomic E-state index is 6.00. The maximum Gasteiger partial charge on any atom is 0.124 e. The van der Waals surface area contributed by atoms with Crippen LogP contribution in [0.1, 0.15) is 50.3 Å². The van der Waals surface area contributed by atoms with Crippen molar-refractivity contribution in [3.05, 3.63) is 11.3 Å². The summed E-state index contributed by atoms with van der Waals surface area (Å²) in [7, 11) is 1.94. The van der Waals surface area contributed by atoms with E-state index in [2.05, 4.69) is 12.0 Å². The van der Waals surface area contributed by atoms with Crippen LogP contribution in [0.25, 0.3) is 0 Å². The molecule has 0 unspecified atom stereocenters. The number of anilines is 1. The molecule has 3 nitrogen and oxygen atoms in total. The topological polar surface area (TPSA) is 43.8 Å². The van der Waals surface area contributed by atoms with Crippen molar-refractivity contribution in [2.75, 3.05) is 5.73 Å². The second-order valence-corrected chi connectivity index (χ2v) is 4.98. The molecule has 0 radical (unpaired) electrons. The van der Waals surface area contributed by atoms with Gasteiger partial charge >= 0.3 is 0 Å². The van der Waals surface area contributed by atoms with Gasteiger partial charge < -0.3 is 5.73 Å². The molecule has 1 aliphatic carbocycles. The minimum atomic E-state index is 0.851. The number of hydrogen-bond donors (Lipinski definition) is 1. The van der Waals surface area contributed by atoms with Crippen molar-refractivity contribution < 1.29 is 0 Å². The molecule has 1 heterocycles. The maximum absolute atomic E-state index is 6.00. The van der Waals surface area contributed by atoms with Gasteiger partial charge in [-0.15, -0.1) is 0 Å². The average Bonchev–Trinajstić information content (AvgIpc) is 2.86. The summed E-state index contributed by atoms with van der Waals surface area (Å²) in [5, 5.41) is 4.53. The summed E-state index contributed by atoms with van der Waals surface area (Å²) in [6.07, 6.45) is 9.10. The number of aromatic nitrogens is 2. The fraction of sp³-hybridized carbons (Fsp3) is 0.769. The monoisotopic (exact) mass is 221 g/mol. The number of aryl methyl sites for hydroxylation is 2. The van der Waals surface area contributed by atoms with E-state index < -0.39 is 0 Å². The molecule has 0 saturated heterocycles. The van der Waals surface area contributed by atoms with Gasteiger partial charge in [-0.2, -0.15) is 5.10 Å². The number of nitrogens with two attached hydrogens (primary N) is 1. The summed E-state index contributed by atoms with van der Waals surface area (Å²) < 4.78 is 1.82. The Bertz CT molecular complexity index is 348. The predicted octanol–water partition coefficient (Wildman–Crippen LogP) is 2.69. The van der Waals surface area contributed by atoms with Gasteiger partial charge in [0.25, 0.3) is 0 Å². The molecular formula is C13H23N3. The van der Waals surface area contributed by atoms with Gasteiger partial charge in [-0.05, 0) is 25.2 Å². The first-order valence-corrected chi connectivity index (χ1v) is 6.52. The lowest BCUT2D eigenvalue weighted by Crippen LogP contribution is -1.99. The number of nitrogen functional groups attached to an aromatic ring is 1. The smallest absolute Gasteiger partial charge is 0.124 e. The number of rotatable bonds is 4. The molecule has 0 aromatic carbocycles. The first-order chi connectivity index (χ1) is 7.72. The van der Waals surface area contributed by atoms with Crippen LogP contribution in [0, 0.1) is 5.92 Å². The van der Waals surface area contributed by atoms with Crippen LogP contribution in [0.4, 0.5) is 5.82 Å². The molecule has 0 amide bonds. The lowest BCUT2D eigenvalue weighted by Gasteiger charge is -2.07. The fourth-order valence-corrected chi connectivity index (χ4v) is 2.86. The Morgan fingerprint density at radius 1 is 1.38 bits per heavy atom. The third kappa shape index (κ3) is 2.23. The van der Waals surface area contributed by atoms with Crippen molar-refractivity contribution in [3.63, 3.8) is 0 Å². The third-order valence-electron chi connectivity index (χ3n) is 3.89. The van der Waals surface area contributed by atoms with Gasteiger partial charge in [0.15, 0.2) is 0 Å². The van der Waals surface area contributed by atoms with Crippen LogP contribution in [0.15, 0.2) is 0 Å². The van der Waals surface area contributed by atoms with E-state index in [9.17, 15) is 0 Å². The molecule has 0 bridgehead atoms. The fourth-order valence-electron chi connectivity index (χ4n) is 2.86. The summed E-state index contributed by atoms with van der Waals surface area (Å²) in [4.78, 5) is 0. The van der Waals surface area contributed by atoms with Crippen molar-refractivity contribution in [2.24, 2.45) is 13.0 Å². The van der Waals surface area contributed by atoms with Crippen molar-refractivity contribution in [1.82, 2.24) is 9.78 Å². The van der Waals surface area contributed by atoms with Gasteiger partial charge in [0.2, 0.25) is 0 Å². The van der Waals surface area contributed by atoms with E-state index >= 15 is 0 Å². The molecule has 1 aromatic heterocycles. The minimum Gasteiger partial charge on any atom is -0.384 e. The van der Waals surface area contributed by atoms with Crippen LogP contribution in [0.2, 0.25) is 0 Å². The van der Waals surface area contributed by atoms with E-state index in [0.717, 1.165) is 24.6 Å². The van der Waals surface area contributed by atoms with Gasteiger partial charge in [0.05, 0.1) is 5.69 Å². The van der Waals surface area contributed by atoms with Crippen LogP contribution < -0.4 is 5.73 Å². The molecule has 0 atom stereocenters. The normalized spacial score (nSPS) is 17.1. The van der Waals surface area contributed by atoms with Gasteiger partial charge in [-0.1, -0.05) is 32.6 Å². The zero-order valence-electron chi connectivity index (χ0n) is 10.5. The van der Waals surface area contributed by atoms with E-state index in [-0.39, 0.29) is 0 Å². The van der Waals surface area contributed by atoms with Crippen molar-refractivity contribution in [3.8, 4) is 0 Å². The van der Waals surface area contributed by atoms with Gasteiger partial charge in [0, 0.05) is 12.6 Å². The summed E-state index contributed by atoms with van der Waals surface area (Å²) >= 11 is 0. The zero-order valence-corrected chi connectivity index (χ0v) is 10.5. The lowest BCUT2D eigenvalue weighted by molar-refractivity contribution is 0.498. The first-order valence-electron chi connectivity index (χ1n) is 6.52. The van der Waals surface area contributed by atoms with Crippen LogP contribution in [0.5, 0.6) is 0 Å². The average molecular weight is 221 g/mol.